The molecule has 0 radical (unpaired) electrons. The van der Waals surface area contributed by atoms with Gasteiger partial charge in [-0.1, -0.05) is 27.2 Å². The van der Waals surface area contributed by atoms with Gasteiger partial charge in [0, 0.05) is 12.8 Å². The lowest BCUT2D eigenvalue weighted by atomic mass is 10.1. The average Bonchev–Trinajstić information content (AvgIpc) is 2.26. The van der Waals surface area contributed by atoms with Crippen LogP contribution in [0.2, 0.25) is 0 Å². The van der Waals surface area contributed by atoms with Crippen molar-refractivity contribution in [1.29, 1.82) is 0 Å². The molecule has 0 aliphatic rings. The predicted octanol–water partition coefficient (Wildman–Crippen LogP) is 1.76. The van der Waals surface area contributed by atoms with Crippen LogP contribution in [0.4, 0.5) is 0 Å². The summed E-state index contributed by atoms with van der Waals surface area (Å²) in [5, 5.41) is 0. The highest BCUT2D eigenvalue weighted by Gasteiger charge is 1.99. The zero-order valence-corrected chi connectivity index (χ0v) is 11.4. The Morgan fingerprint density at radius 2 is 1.88 bits per heavy atom. The molecule has 0 aliphatic heterocycles. The van der Waals surface area contributed by atoms with Crippen molar-refractivity contribution < 1.29 is 14.3 Å². The molecule has 0 aromatic heterocycles. The van der Waals surface area contributed by atoms with Crippen LogP contribution in [0.15, 0.2) is 0 Å². The molecule has 0 aromatic carbocycles. The first-order valence-corrected chi connectivity index (χ1v) is 6.12. The minimum atomic E-state index is -0.0972. The van der Waals surface area contributed by atoms with Crippen molar-refractivity contribution in [2.75, 3.05) is 6.61 Å². The molecule has 0 saturated heterocycles. The second-order valence-electron chi connectivity index (χ2n) is 4.07. The van der Waals surface area contributed by atoms with Crippen molar-refractivity contribution >= 4 is 11.9 Å². The van der Waals surface area contributed by atoms with Gasteiger partial charge in [0.15, 0.2) is 0 Å². The van der Waals surface area contributed by atoms with E-state index < -0.39 is 0 Å². The first kappa shape index (κ1) is 18.3. The van der Waals surface area contributed by atoms with Crippen molar-refractivity contribution in [2.45, 2.75) is 53.4 Å². The fourth-order valence-corrected chi connectivity index (χ4v) is 0.984. The minimum absolute atomic E-state index is 0.0700. The van der Waals surface area contributed by atoms with Gasteiger partial charge in [-0.3, -0.25) is 15.0 Å². The van der Waals surface area contributed by atoms with Crippen LogP contribution >= 0.6 is 0 Å². The number of carbonyl (C=O) groups excluding carboxylic acids is 2. The summed E-state index contributed by atoms with van der Waals surface area (Å²) in [5.41, 5.74) is 2.06. The SMILES string of the molecule is CC(C)CC(=O)NN.CCCCC(=O)OCC. The van der Waals surface area contributed by atoms with Crippen LogP contribution in [0.5, 0.6) is 0 Å². The fraction of sp³-hybridized carbons (Fsp3) is 0.833. The third-order valence-corrected chi connectivity index (χ3v) is 1.79. The molecule has 5 nitrogen and oxygen atoms in total. The van der Waals surface area contributed by atoms with Gasteiger partial charge in [0.2, 0.25) is 5.91 Å². The second kappa shape index (κ2) is 13.0. The van der Waals surface area contributed by atoms with E-state index in [9.17, 15) is 9.59 Å². The molecule has 0 spiro atoms. The Bertz CT molecular complexity index is 206. The molecular weight excluding hydrogens is 220 g/mol. The van der Waals surface area contributed by atoms with Crippen molar-refractivity contribution in [3.63, 3.8) is 0 Å². The number of esters is 1. The number of carbonyl (C=O) groups is 2. The number of hydrogen-bond acceptors (Lipinski definition) is 4. The van der Waals surface area contributed by atoms with Gasteiger partial charge in [-0.2, -0.15) is 0 Å². The van der Waals surface area contributed by atoms with E-state index in [0.29, 0.717) is 25.4 Å². The molecule has 1 amide bonds. The number of ether oxygens (including phenoxy) is 1. The topological polar surface area (TPSA) is 81.4 Å². The average molecular weight is 246 g/mol. The number of amides is 1. The van der Waals surface area contributed by atoms with Gasteiger partial charge >= 0.3 is 5.97 Å². The van der Waals surface area contributed by atoms with Crippen LogP contribution in [-0.4, -0.2) is 18.5 Å². The highest BCUT2D eigenvalue weighted by molar-refractivity contribution is 5.75. The van der Waals surface area contributed by atoms with Crippen LogP contribution in [-0.2, 0) is 14.3 Å². The Morgan fingerprint density at radius 3 is 2.18 bits per heavy atom. The molecule has 0 unspecified atom stereocenters. The maximum absolute atomic E-state index is 10.6. The monoisotopic (exact) mass is 246 g/mol. The summed E-state index contributed by atoms with van der Waals surface area (Å²) in [6.45, 7) is 8.32. The van der Waals surface area contributed by atoms with Crippen LogP contribution in [0.1, 0.15) is 53.4 Å². The Hall–Kier alpha value is -1.10. The largest absolute Gasteiger partial charge is 0.466 e. The Morgan fingerprint density at radius 1 is 1.29 bits per heavy atom. The molecule has 0 atom stereocenters. The number of unbranched alkanes of at least 4 members (excludes halogenated alkanes) is 1. The zero-order chi connectivity index (χ0) is 13.7. The zero-order valence-electron chi connectivity index (χ0n) is 11.4. The van der Waals surface area contributed by atoms with Gasteiger partial charge in [-0.15, -0.1) is 0 Å². The van der Waals surface area contributed by atoms with Crippen molar-refractivity contribution in [3.8, 4) is 0 Å². The molecule has 0 saturated carbocycles. The molecule has 5 heteroatoms. The van der Waals surface area contributed by atoms with Crippen LogP contribution in [0.25, 0.3) is 0 Å². The standard InChI is InChI=1S/C7H14O2.C5H12N2O/c1-3-5-6-7(8)9-4-2;1-4(2)3-5(8)7-6/h3-6H2,1-2H3;4H,3,6H2,1-2H3,(H,7,8). The maximum Gasteiger partial charge on any atom is 0.305 e. The van der Waals surface area contributed by atoms with E-state index in [2.05, 4.69) is 12.3 Å². The molecular formula is C12H26N2O3. The van der Waals surface area contributed by atoms with Crippen LogP contribution < -0.4 is 11.3 Å². The summed E-state index contributed by atoms with van der Waals surface area (Å²) in [5.74, 6) is 5.04. The van der Waals surface area contributed by atoms with Crippen molar-refractivity contribution in [3.05, 3.63) is 0 Å². The van der Waals surface area contributed by atoms with Gasteiger partial charge < -0.3 is 4.74 Å². The Balaban J connectivity index is 0. The molecule has 17 heavy (non-hydrogen) atoms. The summed E-state index contributed by atoms with van der Waals surface area (Å²) in [7, 11) is 0. The molecule has 0 aromatic rings. The summed E-state index contributed by atoms with van der Waals surface area (Å²) >= 11 is 0. The summed E-state index contributed by atoms with van der Waals surface area (Å²) in [4.78, 5) is 21.0. The maximum atomic E-state index is 10.6. The highest BCUT2D eigenvalue weighted by Crippen LogP contribution is 1.96. The van der Waals surface area contributed by atoms with E-state index >= 15 is 0 Å². The smallest absolute Gasteiger partial charge is 0.305 e. The van der Waals surface area contributed by atoms with E-state index in [0.717, 1.165) is 12.8 Å². The Kier molecular flexibility index (Phi) is 13.9. The third-order valence-electron chi connectivity index (χ3n) is 1.79. The molecule has 0 fully saturated rings. The fourth-order valence-electron chi connectivity index (χ4n) is 0.984. The van der Waals surface area contributed by atoms with E-state index in [1.54, 1.807) is 0 Å². The van der Waals surface area contributed by atoms with Gasteiger partial charge in [0.05, 0.1) is 6.61 Å². The van der Waals surface area contributed by atoms with Gasteiger partial charge in [0.1, 0.15) is 0 Å². The van der Waals surface area contributed by atoms with Gasteiger partial charge in [-0.05, 0) is 19.3 Å². The first-order valence-electron chi connectivity index (χ1n) is 6.12. The van der Waals surface area contributed by atoms with Crippen molar-refractivity contribution in [1.82, 2.24) is 5.43 Å². The van der Waals surface area contributed by atoms with Gasteiger partial charge in [-0.25, -0.2) is 5.84 Å². The molecule has 0 bridgehead atoms. The lowest BCUT2D eigenvalue weighted by Gasteiger charge is -2.00. The number of nitrogens with one attached hydrogen (secondary N) is 1. The summed E-state index contributed by atoms with van der Waals surface area (Å²) in [6, 6.07) is 0. The minimum Gasteiger partial charge on any atom is -0.466 e. The second-order valence-corrected chi connectivity index (χ2v) is 4.07. The number of hydrogen-bond donors (Lipinski definition) is 2. The van der Waals surface area contributed by atoms with E-state index in [-0.39, 0.29) is 11.9 Å². The molecule has 0 aliphatic carbocycles. The van der Waals surface area contributed by atoms with Gasteiger partial charge in [0.25, 0.3) is 0 Å². The summed E-state index contributed by atoms with van der Waals surface area (Å²) < 4.78 is 4.70. The molecule has 102 valence electrons. The first-order chi connectivity index (χ1) is 7.97. The van der Waals surface area contributed by atoms with Crippen LogP contribution in [0.3, 0.4) is 0 Å². The lowest BCUT2D eigenvalue weighted by molar-refractivity contribution is -0.143. The van der Waals surface area contributed by atoms with E-state index in [1.807, 2.05) is 20.8 Å². The number of hydrazine groups is 1. The molecule has 0 rings (SSSR count). The van der Waals surface area contributed by atoms with E-state index in [1.165, 1.54) is 0 Å². The third kappa shape index (κ3) is 17.5. The lowest BCUT2D eigenvalue weighted by Crippen LogP contribution is -2.30. The van der Waals surface area contributed by atoms with Crippen LogP contribution in [0, 0.1) is 5.92 Å². The summed E-state index contributed by atoms with van der Waals surface area (Å²) in [6.07, 6.45) is 3.08. The van der Waals surface area contributed by atoms with E-state index in [4.69, 9.17) is 10.6 Å². The predicted molar refractivity (Wildman–Crippen MR) is 67.9 cm³/mol. The number of rotatable bonds is 6. The van der Waals surface area contributed by atoms with Crippen molar-refractivity contribution in [2.24, 2.45) is 11.8 Å². The highest BCUT2D eigenvalue weighted by atomic mass is 16.5. The normalized spacial score (nSPS) is 9.29. The molecule has 0 heterocycles. The Labute approximate surface area is 104 Å². The molecule has 3 N–H and O–H groups in total. The number of nitrogens with two attached hydrogens (primary N) is 1. The quantitative estimate of drug-likeness (QED) is 0.324.